The first-order valence-electron chi connectivity index (χ1n) is 7.60. The summed E-state index contributed by atoms with van der Waals surface area (Å²) >= 11 is 0. The van der Waals surface area contributed by atoms with Crippen LogP contribution < -0.4 is 0 Å². The molecule has 0 saturated carbocycles. The van der Waals surface area contributed by atoms with Gasteiger partial charge in [0.2, 0.25) is 0 Å². The molecule has 0 aliphatic rings. The highest BCUT2D eigenvalue weighted by Gasteiger charge is 2.13. The molecule has 2 N–H and O–H groups in total. The van der Waals surface area contributed by atoms with Gasteiger partial charge >= 0.3 is 0 Å². The standard InChI is InChI=1S/C10H14O3S.2C3H10NO/c1-3-8-13-14(11,12)10-6-4-9(2)5-7-10;2*1-4(2,3)5/h4-7H,3,8H2,1-2H3;2*5H,1-3H3/q;2*+1. The van der Waals surface area contributed by atoms with Crippen LogP contribution in [0.3, 0.4) is 0 Å². The van der Waals surface area contributed by atoms with Crippen LogP contribution in [0.15, 0.2) is 29.2 Å². The lowest BCUT2D eigenvalue weighted by Gasteiger charge is -2.09. The summed E-state index contributed by atoms with van der Waals surface area (Å²) in [7, 11) is 6.54. The van der Waals surface area contributed by atoms with Gasteiger partial charge in [-0.1, -0.05) is 24.6 Å². The molecule has 0 aliphatic carbocycles. The molecule has 1 aromatic carbocycles. The summed E-state index contributed by atoms with van der Waals surface area (Å²) in [5.74, 6) is 0. The van der Waals surface area contributed by atoms with Crippen molar-refractivity contribution in [2.45, 2.75) is 25.2 Å². The Morgan fingerprint density at radius 1 is 0.917 bits per heavy atom. The first kappa shape index (κ1) is 25.2. The first-order chi connectivity index (χ1) is 10.6. The molecular formula is C16H34N2O5S+2. The molecule has 142 valence electrons. The molecule has 0 amide bonds. The molecule has 0 bridgehead atoms. The van der Waals surface area contributed by atoms with Gasteiger partial charge in [-0.15, -0.1) is 0 Å². The zero-order valence-electron chi connectivity index (χ0n) is 16.1. The molecule has 1 aromatic rings. The molecule has 0 saturated heterocycles. The van der Waals surface area contributed by atoms with Crippen molar-refractivity contribution in [3.05, 3.63) is 29.8 Å². The fourth-order valence-electron chi connectivity index (χ4n) is 0.966. The van der Waals surface area contributed by atoms with E-state index in [-0.39, 0.29) is 20.8 Å². The maximum atomic E-state index is 11.5. The number of aryl methyl sites for hydroxylation is 1. The normalized spacial score (nSPS) is 11.8. The van der Waals surface area contributed by atoms with Crippen LogP contribution in [0.4, 0.5) is 0 Å². The van der Waals surface area contributed by atoms with E-state index in [4.69, 9.17) is 14.6 Å². The Balaban J connectivity index is 0. The third-order valence-corrected chi connectivity index (χ3v) is 3.08. The number of hydrogen-bond donors (Lipinski definition) is 2. The van der Waals surface area contributed by atoms with Crippen molar-refractivity contribution in [1.82, 2.24) is 0 Å². The minimum atomic E-state index is -3.54. The quantitative estimate of drug-likeness (QED) is 0.485. The van der Waals surface area contributed by atoms with Crippen LogP contribution in [0.25, 0.3) is 0 Å². The molecule has 0 spiro atoms. The summed E-state index contributed by atoms with van der Waals surface area (Å²) in [6.45, 7) is 4.00. The molecule has 0 radical (unpaired) electrons. The van der Waals surface area contributed by atoms with Gasteiger partial charge in [0, 0.05) is 0 Å². The van der Waals surface area contributed by atoms with Crippen LogP contribution in [0.2, 0.25) is 0 Å². The molecule has 24 heavy (non-hydrogen) atoms. The molecule has 0 heterocycles. The van der Waals surface area contributed by atoms with E-state index < -0.39 is 10.1 Å². The molecule has 0 fully saturated rings. The van der Waals surface area contributed by atoms with Crippen LogP contribution in [-0.2, 0) is 14.3 Å². The maximum Gasteiger partial charge on any atom is 0.296 e. The van der Waals surface area contributed by atoms with Crippen molar-refractivity contribution < 1.29 is 32.3 Å². The Bertz CT molecular complexity index is 519. The van der Waals surface area contributed by atoms with Crippen LogP contribution >= 0.6 is 0 Å². The Labute approximate surface area is 146 Å². The fourth-order valence-corrected chi connectivity index (χ4v) is 1.96. The van der Waals surface area contributed by atoms with E-state index >= 15 is 0 Å². The average Bonchev–Trinajstić information content (AvgIpc) is 2.33. The third kappa shape index (κ3) is 21.0. The molecule has 0 aromatic heterocycles. The van der Waals surface area contributed by atoms with Crippen LogP contribution in [-0.4, -0.2) is 77.0 Å². The number of benzene rings is 1. The second-order valence-corrected chi connectivity index (χ2v) is 8.59. The number of nitrogens with zero attached hydrogens (tertiary/aromatic N) is 2. The molecule has 7 nitrogen and oxygen atoms in total. The predicted molar refractivity (Wildman–Crippen MR) is 94.2 cm³/mol. The number of hydroxylamine groups is 6. The lowest BCUT2D eigenvalue weighted by molar-refractivity contribution is -1.06. The Hall–Kier alpha value is -1.03. The minimum absolute atomic E-state index is 0. The molecule has 8 heteroatoms. The van der Waals surface area contributed by atoms with Crippen molar-refractivity contribution in [3.63, 3.8) is 0 Å². The van der Waals surface area contributed by atoms with Crippen LogP contribution in [0.1, 0.15) is 18.9 Å². The number of rotatable bonds is 4. The van der Waals surface area contributed by atoms with Crippen molar-refractivity contribution in [2.24, 2.45) is 0 Å². The minimum Gasteiger partial charge on any atom is -0.266 e. The van der Waals surface area contributed by atoms with Gasteiger partial charge in [0.1, 0.15) is 0 Å². The van der Waals surface area contributed by atoms with Crippen molar-refractivity contribution >= 4 is 10.1 Å². The Morgan fingerprint density at radius 2 is 1.25 bits per heavy atom. The van der Waals surface area contributed by atoms with Gasteiger partial charge in [0.05, 0.1) is 53.8 Å². The summed E-state index contributed by atoms with van der Waals surface area (Å²) < 4.78 is 27.7. The van der Waals surface area contributed by atoms with E-state index in [0.717, 1.165) is 5.56 Å². The van der Waals surface area contributed by atoms with Crippen LogP contribution in [0.5, 0.6) is 0 Å². The molecular weight excluding hydrogens is 332 g/mol. The second kappa shape index (κ2) is 10.8. The van der Waals surface area contributed by atoms with Crippen molar-refractivity contribution in [3.8, 4) is 0 Å². The zero-order chi connectivity index (χ0) is 19.6. The highest BCUT2D eigenvalue weighted by atomic mass is 32.2. The summed E-state index contributed by atoms with van der Waals surface area (Å²) in [5, 5.41) is 16.9. The SMILES string of the molecule is CCCOS(=O)(=O)c1ccc(C)cc1.C[N+](C)(C)O.C[N+](C)(C)O. The molecule has 0 aliphatic heterocycles. The highest BCUT2D eigenvalue weighted by Crippen LogP contribution is 2.13. The Morgan fingerprint density at radius 3 is 1.54 bits per heavy atom. The van der Waals surface area contributed by atoms with E-state index in [9.17, 15) is 8.42 Å². The fraction of sp³-hybridized carbons (Fsp3) is 0.625. The highest BCUT2D eigenvalue weighted by molar-refractivity contribution is 7.86. The van der Waals surface area contributed by atoms with Gasteiger partial charge in [-0.2, -0.15) is 17.7 Å². The molecule has 1 rings (SSSR count). The largest absolute Gasteiger partial charge is 0.296 e. The van der Waals surface area contributed by atoms with Gasteiger partial charge in [0.15, 0.2) is 0 Å². The van der Waals surface area contributed by atoms with Gasteiger partial charge in [-0.3, -0.25) is 4.18 Å². The summed E-state index contributed by atoms with van der Waals surface area (Å²) in [6.07, 6.45) is 0.686. The molecule has 0 atom stereocenters. The van der Waals surface area contributed by atoms with Gasteiger partial charge in [-0.05, 0) is 25.5 Å². The van der Waals surface area contributed by atoms with Gasteiger partial charge in [-0.25, -0.2) is 10.4 Å². The van der Waals surface area contributed by atoms with Gasteiger partial charge in [0.25, 0.3) is 10.1 Å². The predicted octanol–water partition coefficient (Wildman–Crippen LogP) is 2.27. The summed E-state index contributed by atoms with van der Waals surface area (Å²) in [4.78, 5) is 0.219. The first-order valence-corrected chi connectivity index (χ1v) is 9.01. The molecule has 0 unspecified atom stereocenters. The number of quaternary nitrogens is 2. The second-order valence-electron chi connectivity index (χ2n) is 6.97. The lowest BCUT2D eigenvalue weighted by atomic mass is 10.2. The average molecular weight is 367 g/mol. The summed E-state index contributed by atoms with van der Waals surface area (Å²) in [5.41, 5.74) is 1.03. The van der Waals surface area contributed by atoms with Gasteiger partial charge < -0.3 is 0 Å². The third-order valence-electron chi connectivity index (χ3n) is 1.75. The monoisotopic (exact) mass is 366 g/mol. The van der Waals surface area contributed by atoms with Crippen LogP contribution in [0, 0.1) is 6.92 Å². The van der Waals surface area contributed by atoms with E-state index in [2.05, 4.69) is 0 Å². The lowest BCUT2D eigenvalue weighted by Crippen LogP contribution is -2.28. The van der Waals surface area contributed by atoms with Crippen molar-refractivity contribution in [1.29, 1.82) is 0 Å². The van der Waals surface area contributed by atoms with E-state index in [1.165, 1.54) is 0 Å². The van der Waals surface area contributed by atoms with E-state index in [1.54, 1.807) is 66.6 Å². The Kier molecular flexibility index (Phi) is 11.3. The topological polar surface area (TPSA) is 83.8 Å². The zero-order valence-corrected chi connectivity index (χ0v) is 17.0. The smallest absolute Gasteiger partial charge is 0.266 e. The van der Waals surface area contributed by atoms with E-state index in [1.807, 2.05) is 13.8 Å². The van der Waals surface area contributed by atoms with Crippen molar-refractivity contribution in [2.75, 3.05) is 48.9 Å². The maximum absolute atomic E-state index is 11.5. The number of hydrogen-bond acceptors (Lipinski definition) is 5. The van der Waals surface area contributed by atoms with E-state index in [0.29, 0.717) is 6.42 Å². The summed E-state index contributed by atoms with van der Waals surface area (Å²) in [6, 6.07) is 6.62.